The number of H-pyrrole nitrogens is 1. The number of ether oxygens (including phenoxy) is 1. The smallest absolute Gasteiger partial charge is 0.214 e. The molecule has 74 valence electrons. The van der Waals surface area contributed by atoms with Crippen molar-refractivity contribution in [3.63, 3.8) is 0 Å². The molecule has 0 saturated heterocycles. The van der Waals surface area contributed by atoms with Crippen molar-refractivity contribution in [3.8, 4) is 5.88 Å². The molecule has 0 spiro atoms. The molecule has 0 aliphatic rings. The second kappa shape index (κ2) is 3.51. The molecule has 0 saturated carbocycles. The van der Waals surface area contributed by atoms with E-state index >= 15 is 0 Å². The van der Waals surface area contributed by atoms with Crippen molar-refractivity contribution in [2.24, 2.45) is 0 Å². The molecule has 0 fully saturated rings. The molecule has 0 aliphatic carbocycles. The third kappa shape index (κ3) is 1.47. The number of rotatable bonds is 3. The van der Waals surface area contributed by atoms with E-state index < -0.39 is 0 Å². The van der Waals surface area contributed by atoms with Gasteiger partial charge in [0.05, 0.1) is 12.1 Å². The van der Waals surface area contributed by atoms with E-state index in [4.69, 9.17) is 15.6 Å². The van der Waals surface area contributed by atoms with E-state index in [1.165, 1.54) is 0 Å². The van der Waals surface area contributed by atoms with Gasteiger partial charge in [-0.1, -0.05) is 0 Å². The van der Waals surface area contributed by atoms with Crippen LogP contribution in [0.5, 0.6) is 5.88 Å². The molecule has 2 aromatic heterocycles. The standard InChI is InChI=1S/C8H10N4O2/c9-8-7-5(11-12-8)1-2-6(10-7)14-4-3-13/h1-2,13H,3-4H2,(H3,9,11,12). The summed E-state index contributed by atoms with van der Waals surface area (Å²) in [7, 11) is 0. The second-order valence-electron chi connectivity index (χ2n) is 2.73. The van der Waals surface area contributed by atoms with Gasteiger partial charge in [0.1, 0.15) is 12.1 Å². The van der Waals surface area contributed by atoms with Crippen LogP contribution in [0.2, 0.25) is 0 Å². The summed E-state index contributed by atoms with van der Waals surface area (Å²) in [5.74, 6) is 0.772. The Hall–Kier alpha value is -1.82. The van der Waals surface area contributed by atoms with Crippen molar-refractivity contribution < 1.29 is 9.84 Å². The van der Waals surface area contributed by atoms with Gasteiger partial charge in [0, 0.05) is 6.07 Å². The minimum absolute atomic E-state index is 0.0411. The number of nitrogens with one attached hydrogen (secondary N) is 1. The Labute approximate surface area is 79.7 Å². The van der Waals surface area contributed by atoms with Gasteiger partial charge in [-0.25, -0.2) is 4.98 Å². The highest BCUT2D eigenvalue weighted by Crippen LogP contribution is 2.18. The quantitative estimate of drug-likeness (QED) is 0.634. The largest absolute Gasteiger partial charge is 0.475 e. The van der Waals surface area contributed by atoms with Crippen molar-refractivity contribution in [1.29, 1.82) is 0 Å². The van der Waals surface area contributed by atoms with Gasteiger partial charge >= 0.3 is 0 Å². The topological polar surface area (TPSA) is 97.0 Å². The van der Waals surface area contributed by atoms with Gasteiger partial charge in [-0.05, 0) is 6.07 Å². The second-order valence-corrected chi connectivity index (χ2v) is 2.73. The van der Waals surface area contributed by atoms with E-state index in [-0.39, 0.29) is 13.2 Å². The number of aliphatic hydroxyl groups is 1. The van der Waals surface area contributed by atoms with Crippen LogP contribution in [0.25, 0.3) is 11.0 Å². The molecule has 0 aromatic carbocycles. The molecule has 0 bridgehead atoms. The summed E-state index contributed by atoms with van der Waals surface area (Å²) in [4.78, 5) is 4.12. The molecule has 2 aromatic rings. The minimum atomic E-state index is -0.0411. The van der Waals surface area contributed by atoms with Crippen LogP contribution in [0.3, 0.4) is 0 Å². The first kappa shape index (κ1) is 8.76. The Bertz CT molecular complexity index is 440. The van der Waals surface area contributed by atoms with Gasteiger partial charge in [-0.15, -0.1) is 0 Å². The normalized spacial score (nSPS) is 10.6. The van der Waals surface area contributed by atoms with Crippen molar-refractivity contribution in [3.05, 3.63) is 12.1 Å². The van der Waals surface area contributed by atoms with Crippen LogP contribution in [-0.4, -0.2) is 33.5 Å². The molecule has 6 heteroatoms. The zero-order valence-electron chi connectivity index (χ0n) is 7.40. The average molecular weight is 194 g/mol. The lowest BCUT2D eigenvalue weighted by molar-refractivity contribution is 0.197. The maximum atomic E-state index is 8.56. The Morgan fingerprint density at radius 1 is 1.50 bits per heavy atom. The Kier molecular flexibility index (Phi) is 2.19. The summed E-state index contributed by atoms with van der Waals surface area (Å²) in [5.41, 5.74) is 6.91. The first-order chi connectivity index (χ1) is 6.81. The minimum Gasteiger partial charge on any atom is -0.475 e. The first-order valence-corrected chi connectivity index (χ1v) is 4.15. The van der Waals surface area contributed by atoms with Gasteiger partial charge in [0.25, 0.3) is 0 Å². The number of hydrogen-bond acceptors (Lipinski definition) is 5. The SMILES string of the molecule is Nc1n[nH]c2ccc(OCCO)nc12. The lowest BCUT2D eigenvalue weighted by Gasteiger charge is -2.01. The number of nitrogen functional groups attached to an aromatic ring is 1. The van der Waals surface area contributed by atoms with E-state index in [0.29, 0.717) is 17.2 Å². The Morgan fingerprint density at radius 2 is 2.36 bits per heavy atom. The zero-order chi connectivity index (χ0) is 9.97. The van der Waals surface area contributed by atoms with Crippen molar-refractivity contribution in [2.45, 2.75) is 0 Å². The van der Waals surface area contributed by atoms with Gasteiger partial charge in [-0.3, -0.25) is 5.10 Å². The third-order valence-corrected chi connectivity index (χ3v) is 1.75. The predicted octanol–water partition coefficient (Wildman–Crippen LogP) is -0.0888. The maximum Gasteiger partial charge on any atom is 0.214 e. The highest BCUT2D eigenvalue weighted by Gasteiger charge is 2.04. The fraction of sp³-hybridized carbons (Fsp3) is 0.250. The number of pyridine rings is 1. The van der Waals surface area contributed by atoms with Crippen LogP contribution in [0, 0.1) is 0 Å². The van der Waals surface area contributed by atoms with E-state index in [2.05, 4.69) is 15.2 Å². The molecule has 0 aliphatic heterocycles. The molecular weight excluding hydrogens is 184 g/mol. The summed E-state index contributed by atoms with van der Waals surface area (Å²) < 4.78 is 5.13. The maximum absolute atomic E-state index is 8.56. The molecule has 4 N–H and O–H groups in total. The Balaban J connectivity index is 2.34. The van der Waals surface area contributed by atoms with Gasteiger partial charge in [0.15, 0.2) is 5.82 Å². The predicted molar refractivity (Wildman–Crippen MR) is 50.9 cm³/mol. The number of fused-ring (bicyclic) bond motifs is 1. The highest BCUT2D eigenvalue weighted by atomic mass is 16.5. The van der Waals surface area contributed by atoms with Gasteiger partial charge in [-0.2, -0.15) is 5.10 Å². The van der Waals surface area contributed by atoms with E-state index in [0.717, 1.165) is 5.52 Å². The summed E-state index contributed by atoms with van der Waals surface area (Å²) in [6, 6.07) is 3.47. The van der Waals surface area contributed by atoms with Crippen molar-refractivity contribution in [2.75, 3.05) is 18.9 Å². The number of nitrogens with two attached hydrogens (primary N) is 1. The number of aromatic nitrogens is 3. The van der Waals surface area contributed by atoms with Crippen molar-refractivity contribution >= 4 is 16.9 Å². The summed E-state index contributed by atoms with van der Waals surface area (Å²) >= 11 is 0. The molecule has 0 radical (unpaired) electrons. The molecule has 2 heterocycles. The lowest BCUT2D eigenvalue weighted by atomic mass is 10.4. The zero-order valence-corrected chi connectivity index (χ0v) is 7.40. The van der Waals surface area contributed by atoms with E-state index in [9.17, 15) is 0 Å². The van der Waals surface area contributed by atoms with Crippen LogP contribution in [0.15, 0.2) is 12.1 Å². The van der Waals surface area contributed by atoms with Crippen LogP contribution in [-0.2, 0) is 0 Å². The first-order valence-electron chi connectivity index (χ1n) is 4.15. The van der Waals surface area contributed by atoms with E-state index in [1.54, 1.807) is 12.1 Å². The average Bonchev–Trinajstić information content (AvgIpc) is 2.57. The van der Waals surface area contributed by atoms with Crippen LogP contribution < -0.4 is 10.5 Å². The van der Waals surface area contributed by atoms with Gasteiger partial charge < -0.3 is 15.6 Å². The summed E-state index contributed by atoms with van der Waals surface area (Å²) in [5, 5.41) is 15.1. The number of anilines is 1. The number of aromatic amines is 1. The fourth-order valence-electron chi connectivity index (χ4n) is 1.13. The Morgan fingerprint density at radius 3 is 3.14 bits per heavy atom. The fourth-order valence-corrected chi connectivity index (χ4v) is 1.13. The molecule has 2 rings (SSSR count). The van der Waals surface area contributed by atoms with Crippen molar-refractivity contribution in [1.82, 2.24) is 15.2 Å². The monoisotopic (exact) mass is 194 g/mol. The molecule has 0 unspecified atom stereocenters. The van der Waals surface area contributed by atoms with Gasteiger partial charge in [0.2, 0.25) is 5.88 Å². The van der Waals surface area contributed by atoms with Crippen LogP contribution >= 0.6 is 0 Å². The van der Waals surface area contributed by atoms with Crippen LogP contribution in [0.1, 0.15) is 0 Å². The highest BCUT2D eigenvalue weighted by molar-refractivity contribution is 5.84. The molecule has 14 heavy (non-hydrogen) atoms. The molecule has 0 amide bonds. The summed E-state index contributed by atoms with van der Waals surface area (Å²) in [6.45, 7) is 0.177. The number of aliphatic hydroxyl groups excluding tert-OH is 1. The molecule has 0 atom stereocenters. The van der Waals surface area contributed by atoms with E-state index in [1.807, 2.05) is 0 Å². The summed E-state index contributed by atoms with van der Waals surface area (Å²) in [6.07, 6.45) is 0. The number of nitrogens with zero attached hydrogens (tertiary/aromatic N) is 2. The van der Waals surface area contributed by atoms with Crippen LogP contribution in [0.4, 0.5) is 5.82 Å². The lowest BCUT2D eigenvalue weighted by Crippen LogP contribution is -2.02. The number of hydrogen-bond donors (Lipinski definition) is 3. The molecular formula is C8H10N4O2. The third-order valence-electron chi connectivity index (χ3n) is 1.75. The molecule has 6 nitrogen and oxygen atoms in total.